The van der Waals surface area contributed by atoms with E-state index in [0.717, 1.165) is 55.0 Å². The van der Waals surface area contributed by atoms with E-state index in [9.17, 15) is 24.6 Å². The Morgan fingerprint density at radius 1 is 0.722 bits per heavy atom. The van der Waals surface area contributed by atoms with Gasteiger partial charge in [-0.1, -0.05) is 31.7 Å². The van der Waals surface area contributed by atoms with E-state index >= 15 is 0 Å². The van der Waals surface area contributed by atoms with Crippen molar-refractivity contribution in [2.45, 2.75) is 46.0 Å². The van der Waals surface area contributed by atoms with Gasteiger partial charge in [-0.3, -0.25) is 14.4 Å². The summed E-state index contributed by atoms with van der Waals surface area (Å²) in [5.41, 5.74) is 1.50. The predicted molar refractivity (Wildman–Crippen MR) is 142 cm³/mol. The van der Waals surface area contributed by atoms with E-state index < -0.39 is 5.56 Å². The van der Waals surface area contributed by atoms with E-state index in [2.05, 4.69) is 5.10 Å². The molecular formula is C27H30N4O5. The first-order chi connectivity index (χ1) is 16.8. The first-order valence-electron chi connectivity index (χ1n) is 11.4. The number of nitrogens with zero attached hydrogens (tertiary/aromatic N) is 3. The number of pyridine rings is 2. The van der Waals surface area contributed by atoms with Crippen LogP contribution in [0.5, 0.6) is 11.5 Å². The van der Waals surface area contributed by atoms with Crippen molar-refractivity contribution in [1.29, 1.82) is 0 Å². The van der Waals surface area contributed by atoms with Crippen LogP contribution in [0.25, 0.3) is 21.8 Å². The average Bonchev–Trinajstić information content (AvgIpc) is 2.81. The average molecular weight is 491 g/mol. The van der Waals surface area contributed by atoms with Gasteiger partial charge in [0.05, 0.1) is 11.0 Å². The Bertz CT molecular complexity index is 1540. The number of hydrogen-bond acceptors (Lipinski definition) is 7. The third-order valence-electron chi connectivity index (χ3n) is 5.90. The smallest absolute Gasteiger partial charge is 0.275 e. The van der Waals surface area contributed by atoms with Crippen LogP contribution in [0.2, 0.25) is 0 Å². The fourth-order valence-corrected chi connectivity index (χ4v) is 3.53. The highest BCUT2D eigenvalue weighted by atomic mass is 16.3. The highest BCUT2D eigenvalue weighted by molar-refractivity contribution is 5.90. The van der Waals surface area contributed by atoms with Crippen LogP contribution < -0.4 is 17.0 Å². The summed E-state index contributed by atoms with van der Waals surface area (Å²) in [6.07, 6.45) is 5.89. The normalized spacial score (nSPS) is 13.8. The molecule has 0 saturated heterocycles. The van der Waals surface area contributed by atoms with E-state index in [1.165, 1.54) is 10.7 Å². The lowest BCUT2D eigenvalue weighted by Crippen LogP contribution is -2.26. The van der Waals surface area contributed by atoms with E-state index in [4.69, 9.17) is 5.84 Å². The second-order valence-corrected chi connectivity index (χ2v) is 8.36. The summed E-state index contributed by atoms with van der Waals surface area (Å²) >= 11 is 0. The van der Waals surface area contributed by atoms with Crippen LogP contribution in [-0.2, 0) is 4.79 Å². The van der Waals surface area contributed by atoms with Gasteiger partial charge in [-0.05, 0) is 49.9 Å². The zero-order valence-corrected chi connectivity index (χ0v) is 19.1. The molecule has 4 N–H and O–H groups in total. The SMILES string of the molecule is C.Nn1c(=O)cc(O)c2ccccc21.O=C1CCC1.O=c1cc(O)c2ccccc2n1N=C1CCC1. The number of para-hydroxylation sites is 2. The molecular weight excluding hydrogens is 460 g/mol. The molecule has 0 radical (unpaired) electrons. The zero-order valence-electron chi connectivity index (χ0n) is 19.1. The molecule has 0 atom stereocenters. The summed E-state index contributed by atoms with van der Waals surface area (Å²) in [5.74, 6) is 5.89. The molecule has 2 saturated carbocycles. The molecule has 6 rings (SSSR count). The summed E-state index contributed by atoms with van der Waals surface area (Å²) in [7, 11) is 0. The van der Waals surface area contributed by atoms with Gasteiger partial charge in [0.15, 0.2) is 0 Å². The maximum Gasteiger partial charge on any atom is 0.275 e. The summed E-state index contributed by atoms with van der Waals surface area (Å²) in [4.78, 5) is 32.9. The van der Waals surface area contributed by atoms with Crippen LogP contribution in [0.15, 0.2) is 75.4 Å². The Balaban J connectivity index is 0.000000168. The minimum Gasteiger partial charge on any atom is -0.507 e. The third kappa shape index (κ3) is 5.63. The van der Waals surface area contributed by atoms with Crippen molar-refractivity contribution < 1.29 is 15.0 Å². The molecule has 0 unspecified atom stereocenters. The molecule has 2 aromatic carbocycles. The number of benzene rings is 2. The Morgan fingerprint density at radius 3 is 1.69 bits per heavy atom. The number of ketones is 1. The molecule has 0 spiro atoms. The van der Waals surface area contributed by atoms with Crippen molar-refractivity contribution in [3.8, 4) is 11.5 Å². The highest BCUT2D eigenvalue weighted by Gasteiger charge is 2.13. The zero-order chi connectivity index (χ0) is 24.9. The molecule has 2 aliphatic rings. The lowest BCUT2D eigenvalue weighted by Gasteiger charge is -2.15. The van der Waals surface area contributed by atoms with Gasteiger partial charge in [0.2, 0.25) is 0 Å². The van der Waals surface area contributed by atoms with E-state index in [0.29, 0.717) is 27.6 Å². The van der Waals surface area contributed by atoms with Crippen LogP contribution in [0.4, 0.5) is 0 Å². The summed E-state index contributed by atoms with van der Waals surface area (Å²) in [6, 6.07) is 16.4. The maximum atomic E-state index is 11.8. The fourth-order valence-electron chi connectivity index (χ4n) is 3.53. The van der Waals surface area contributed by atoms with Crippen LogP contribution in [0.3, 0.4) is 0 Å². The second-order valence-electron chi connectivity index (χ2n) is 8.36. The largest absolute Gasteiger partial charge is 0.507 e. The van der Waals surface area contributed by atoms with Gasteiger partial charge in [-0.15, -0.1) is 0 Å². The van der Waals surface area contributed by atoms with E-state index in [-0.39, 0.29) is 24.5 Å². The van der Waals surface area contributed by atoms with Crippen molar-refractivity contribution in [3.63, 3.8) is 0 Å². The van der Waals surface area contributed by atoms with Gasteiger partial charge >= 0.3 is 0 Å². The van der Waals surface area contributed by atoms with Crippen molar-refractivity contribution in [3.05, 3.63) is 81.4 Å². The van der Waals surface area contributed by atoms with Crippen molar-refractivity contribution in [2.24, 2.45) is 5.10 Å². The van der Waals surface area contributed by atoms with Gasteiger partial charge < -0.3 is 16.1 Å². The maximum absolute atomic E-state index is 11.8. The molecule has 2 aromatic heterocycles. The molecule has 9 nitrogen and oxygen atoms in total. The molecule has 0 aliphatic heterocycles. The summed E-state index contributed by atoms with van der Waals surface area (Å²) in [5, 5.41) is 24.7. The summed E-state index contributed by atoms with van der Waals surface area (Å²) in [6.45, 7) is 0. The number of Topliss-reactive ketones (excluding diaryl/α,β-unsaturated/α-hetero) is 1. The number of hydrogen-bond donors (Lipinski definition) is 3. The highest BCUT2D eigenvalue weighted by Crippen LogP contribution is 2.23. The van der Waals surface area contributed by atoms with Crippen LogP contribution in [-0.4, -0.2) is 31.1 Å². The monoisotopic (exact) mass is 490 g/mol. The quantitative estimate of drug-likeness (QED) is 0.346. The van der Waals surface area contributed by atoms with Gasteiger partial charge in [-0.2, -0.15) is 9.78 Å². The molecule has 188 valence electrons. The minimum absolute atomic E-state index is 0. The third-order valence-corrected chi connectivity index (χ3v) is 5.90. The number of carbonyl (C=O) groups excluding carboxylic acids is 1. The van der Waals surface area contributed by atoms with Crippen molar-refractivity contribution in [1.82, 2.24) is 9.35 Å². The molecule has 0 amide bonds. The molecule has 2 heterocycles. The number of aromatic hydroxyl groups is 2. The molecule has 4 aromatic rings. The standard InChI is InChI=1S/C13H12N2O2.C9H8N2O2.C4H6O.CH4/c16-12-8-13(17)15(14-9-4-3-5-9)11-7-2-1-6-10(11)12;10-11-7-4-2-1-3-6(7)8(12)5-9(11)13;5-4-2-1-3-4;/h1-2,6-8,16H,3-5H2;1-5,12H,10H2;1-3H2;1H4. The molecule has 0 bridgehead atoms. The number of aromatic nitrogens is 2. The van der Waals surface area contributed by atoms with E-state index in [1.807, 2.05) is 12.1 Å². The Morgan fingerprint density at radius 2 is 1.19 bits per heavy atom. The summed E-state index contributed by atoms with van der Waals surface area (Å²) < 4.78 is 2.39. The van der Waals surface area contributed by atoms with Gasteiger partial charge in [-0.25, -0.2) is 4.68 Å². The van der Waals surface area contributed by atoms with E-state index in [1.54, 1.807) is 36.4 Å². The Labute approximate surface area is 207 Å². The van der Waals surface area contributed by atoms with Gasteiger partial charge in [0, 0.05) is 41.5 Å². The lowest BCUT2D eigenvalue weighted by molar-refractivity contribution is -0.123. The topological polar surface area (TPSA) is 140 Å². The number of carbonyl (C=O) groups is 1. The second kappa shape index (κ2) is 11.4. The molecule has 36 heavy (non-hydrogen) atoms. The molecule has 9 heteroatoms. The molecule has 2 aliphatic carbocycles. The Hall–Kier alpha value is -4.40. The van der Waals surface area contributed by atoms with Crippen LogP contribution >= 0.6 is 0 Å². The first kappa shape index (κ1) is 26.2. The number of nitrogen functional groups attached to an aromatic ring is 1. The Kier molecular flexibility index (Phi) is 8.26. The van der Waals surface area contributed by atoms with Crippen LogP contribution in [0, 0.1) is 0 Å². The number of nitrogens with two attached hydrogens (primary N) is 1. The lowest BCUT2D eigenvalue weighted by atomic mass is 9.98. The van der Waals surface area contributed by atoms with Gasteiger partial charge in [0.25, 0.3) is 11.1 Å². The van der Waals surface area contributed by atoms with Crippen molar-refractivity contribution in [2.75, 3.05) is 5.84 Å². The van der Waals surface area contributed by atoms with Crippen molar-refractivity contribution >= 4 is 33.3 Å². The number of fused-ring (bicyclic) bond motifs is 2. The number of rotatable bonds is 1. The molecule has 2 fully saturated rings. The minimum atomic E-state index is -0.420. The van der Waals surface area contributed by atoms with Crippen LogP contribution in [0.1, 0.15) is 46.0 Å². The fraction of sp³-hybridized carbons (Fsp3) is 0.259. The first-order valence-corrected chi connectivity index (χ1v) is 11.4. The predicted octanol–water partition coefficient (Wildman–Crippen LogP) is 3.89. The van der Waals surface area contributed by atoms with Gasteiger partial charge in [0.1, 0.15) is 17.3 Å².